The fourth-order valence-corrected chi connectivity index (χ4v) is 2.23. The van der Waals surface area contributed by atoms with E-state index in [1.54, 1.807) is 0 Å². The molecular weight excluding hydrogens is 267 g/mol. The van der Waals surface area contributed by atoms with Crippen LogP contribution >= 0.6 is 0 Å². The highest BCUT2D eigenvalue weighted by Gasteiger charge is 2.31. The Bertz CT molecular complexity index is 601. The third-order valence-corrected chi connectivity index (χ3v) is 3.33. The van der Waals surface area contributed by atoms with Gasteiger partial charge in [-0.05, 0) is 38.1 Å². The van der Waals surface area contributed by atoms with E-state index < -0.39 is 11.7 Å². The van der Waals surface area contributed by atoms with Crippen molar-refractivity contribution in [2.45, 2.75) is 32.5 Å². The van der Waals surface area contributed by atoms with E-state index in [1.807, 2.05) is 18.5 Å². The average Bonchev–Trinajstić information content (AvgIpc) is 2.72. The van der Waals surface area contributed by atoms with Gasteiger partial charge >= 0.3 is 6.18 Å². The number of nitrogens with one attached hydrogen (secondary N) is 1. The quantitative estimate of drug-likeness (QED) is 0.929. The van der Waals surface area contributed by atoms with Crippen molar-refractivity contribution in [3.05, 3.63) is 29.6 Å². The molecule has 0 radical (unpaired) electrons. The Hall–Kier alpha value is -1.56. The normalized spacial score (nSPS) is 13.9. The van der Waals surface area contributed by atoms with Gasteiger partial charge in [0.05, 0.1) is 22.6 Å². The first-order chi connectivity index (χ1) is 9.34. The first-order valence-electron chi connectivity index (χ1n) is 6.61. The fourth-order valence-electron chi connectivity index (χ4n) is 2.23. The van der Waals surface area contributed by atoms with Crippen molar-refractivity contribution in [3.8, 4) is 0 Å². The number of rotatable bonds is 4. The molecule has 0 amide bonds. The molecule has 20 heavy (non-hydrogen) atoms. The molecule has 0 aliphatic carbocycles. The van der Waals surface area contributed by atoms with Gasteiger partial charge in [-0.3, -0.25) is 0 Å². The van der Waals surface area contributed by atoms with E-state index in [9.17, 15) is 13.2 Å². The molecule has 1 aromatic heterocycles. The summed E-state index contributed by atoms with van der Waals surface area (Å²) >= 11 is 0. The van der Waals surface area contributed by atoms with E-state index in [2.05, 4.69) is 17.2 Å². The van der Waals surface area contributed by atoms with E-state index >= 15 is 0 Å². The van der Waals surface area contributed by atoms with Crippen LogP contribution in [0.2, 0.25) is 0 Å². The predicted octanol–water partition coefficient (Wildman–Crippen LogP) is 3.65. The van der Waals surface area contributed by atoms with Gasteiger partial charge in [-0.25, -0.2) is 4.98 Å². The summed E-state index contributed by atoms with van der Waals surface area (Å²) < 4.78 is 39.9. The molecule has 0 aliphatic heterocycles. The summed E-state index contributed by atoms with van der Waals surface area (Å²) in [5.74, 6) is 0.743. The van der Waals surface area contributed by atoms with Crippen molar-refractivity contribution in [1.82, 2.24) is 14.9 Å². The highest BCUT2D eigenvalue weighted by Crippen LogP contribution is 2.31. The zero-order valence-corrected chi connectivity index (χ0v) is 11.8. The van der Waals surface area contributed by atoms with Crippen LogP contribution in [0.3, 0.4) is 0 Å². The Labute approximate surface area is 115 Å². The molecule has 2 aromatic rings. The lowest BCUT2D eigenvalue weighted by atomic mass is 10.2. The summed E-state index contributed by atoms with van der Waals surface area (Å²) in [6.07, 6.45) is -3.34. The number of aryl methyl sites for hydroxylation is 1. The minimum Gasteiger partial charge on any atom is -0.330 e. The molecule has 1 unspecified atom stereocenters. The number of hydrogen-bond acceptors (Lipinski definition) is 2. The molecule has 1 heterocycles. The number of aromatic nitrogens is 2. The van der Waals surface area contributed by atoms with E-state index in [0.29, 0.717) is 11.0 Å². The lowest BCUT2D eigenvalue weighted by Gasteiger charge is -2.12. The lowest BCUT2D eigenvalue weighted by Crippen LogP contribution is -2.22. The van der Waals surface area contributed by atoms with E-state index in [-0.39, 0.29) is 6.04 Å². The van der Waals surface area contributed by atoms with Crippen LogP contribution in [-0.4, -0.2) is 16.1 Å². The van der Waals surface area contributed by atoms with E-state index in [1.165, 1.54) is 6.07 Å². The van der Waals surface area contributed by atoms with Gasteiger partial charge < -0.3 is 9.88 Å². The largest absolute Gasteiger partial charge is 0.416 e. The molecular formula is C14H18F3N3. The Morgan fingerprint density at radius 2 is 2.05 bits per heavy atom. The first kappa shape index (κ1) is 14.8. The van der Waals surface area contributed by atoms with E-state index in [4.69, 9.17) is 0 Å². The highest BCUT2D eigenvalue weighted by molar-refractivity contribution is 5.77. The summed E-state index contributed by atoms with van der Waals surface area (Å²) in [6.45, 7) is 4.87. The molecule has 0 fully saturated rings. The monoisotopic (exact) mass is 285 g/mol. The Morgan fingerprint density at radius 3 is 2.65 bits per heavy atom. The summed E-state index contributed by atoms with van der Waals surface area (Å²) in [6, 6.07) is 3.67. The average molecular weight is 285 g/mol. The van der Waals surface area contributed by atoms with Gasteiger partial charge in [0, 0.05) is 7.05 Å². The van der Waals surface area contributed by atoms with Gasteiger partial charge in [0.2, 0.25) is 0 Å². The molecule has 110 valence electrons. The smallest absolute Gasteiger partial charge is 0.330 e. The summed E-state index contributed by atoms with van der Waals surface area (Å²) in [7, 11) is 1.82. The summed E-state index contributed by atoms with van der Waals surface area (Å²) in [5.41, 5.74) is 0.421. The predicted molar refractivity (Wildman–Crippen MR) is 72.4 cm³/mol. The Balaban J connectivity index is 2.42. The number of hydrogen-bond donors (Lipinski definition) is 1. The molecule has 0 aliphatic rings. The minimum atomic E-state index is -4.34. The Kier molecular flexibility index (Phi) is 4.04. The van der Waals surface area contributed by atoms with E-state index in [0.717, 1.165) is 30.9 Å². The third-order valence-electron chi connectivity index (χ3n) is 3.33. The van der Waals surface area contributed by atoms with Gasteiger partial charge in [0.25, 0.3) is 0 Å². The SMILES string of the molecule is CCCNC(C)c1nc2cc(C(F)(F)F)ccc2n1C. The maximum absolute atomic E-state index is 12.7. The number of imidazole rings is 1. The van der Waals surface area contributed by atoms with Crippen LogP contribution in [0, 0.1) is 0 Å². The first-order valence-corrected chi connectivity index (χ1v) is 6.61. The minimum absolute atomic E-state index is 0.00156. The van der Waals surface area contributed by atoms with Crippen molar-refractivity contribution < 1.29 is 13.2 Å². The van der Waals surface area contributed by atoms with Gasteiger partial charge in [-0.2, -0.15) is 13.2 Å². The number of benzene rings is 1. The lowest BCUT2D eigenvalue weighted by molar-refractivity contribution is -0.137. The van der Waals surface area contributed by atoms with Gasteiger partial charge in [0.15, 0.2) is 0 Å². The number of fused-ring (bicyclic) bond motifs is 1. The van der Waals surface area contributed by atoms with Crippen molar-refractivity contribution >= 4 is 11.0 Å². The maximum atomic E-state index is 12.7. The molecule has 0 saturated heterocycles. The second kappa shape index (κ2) is 5.44. The Morgan fingerprint density at radius 1 is 1.35 bits per heavy atom. The van der Waals surface area contributed by atoms with Crippen molar-refractivity contribution in [2.24, 2.45) is 7.05 Å². The molecule has 0 saturated carbocycles. The molecule has 1 aromatic carbocycles. The van der Waals surface area contributed by atoms with Crippen LogP contribution in [-0.2, 0) is 13.2 Å². The fraction of sp³-hybridized carbons (Fsp3) is 0.500. The molecule has 6 heteroatoms. The van der Waals surface area contributed by atoms with Gasteiger partial charge in [-0.1, -0.05) is 6.92 Å². The maximum Gasteiger partial charge on any atom is 0.416 e. The van der Waals surface area contributed by atoms with Crippen LogP contribution in [0.4, 0.5) is 13.2 Å². The van der Waals surface area contributed by atoms with Crippen LogP contribution in [0.15, 0.2) is 18.2 Å². The van der Waals surface area contributed by atoms with Crippen LogP contribution < -0.4 is 5.32 Å². The summed E-state index contributed by atoms with van der Waals surface area (Å²) in [4.78, 5) is 4.34. The van der Waals surface area contributed by atoms with Gasteiger partial charge in [0.1, 0.15) is 5.82 Å². The zero-order valence-electron chi connectivity index (χ0n) is 11.8. The van der Waals surface area contributed by atoms with Crippen molar-refractivity contribution in [1.29, 1.82) is 0 Å². The number of alkyl halides is 3. The standard InChI is InChI=1S/C14H18F3N3/c1-4-7-18-9(2)13-19-11-8-10(14(15,16)17)5-6-12(11)20(13)3/h5-6,8-9,18H,4,7H2,1-3H3. The molecule has 1 N–H and O–H groups in total. The molecule has 0 spiro atoms. The molecule has 3 nitrogen and oxygen atoms in total. The third kappa shape index (κ3) is 2.80. The van der Waals surface area contributed by atoms with Crippen LogP contribution in [0.25, 0.3) is 11.0 Å². The highest BCUT2D eigenvalue weighted by atomic mass is 19.4. The summed E-state index contributed by atoms with van der Waals surface area (Å²) in [5, 5.41) is 3.29. The molecule has 0 bridgehead atoms. The number of halogens is 3. The number of nitrogens with zero attached hydrogens (tertiary/aromatic N) is 2. The molecule has 1 atom stereocenters. The second-order valence-electron chi connectivity index (χ2n) is 4.91. The zero-order chi connectivity index (χ0) is 14.9. The topological polar surface area (TPSA) is 29.9 Å². The van der Waals surface area contributed by atoms with Gasteiger partial charge in [-0.15, -0.1) is 0 Å². The van der Waals surface area contributed by atoms with Crippen LogP contribution in [0.5, 0.6) is 0 Å². The van der Waals surface area contributed by atoms with Crippen molar-refractivity contribution in [3.63, 3.8) is 0 Å². The van der Waals surface area contributed by atoms with Crippen molar-refractivity contribution in [2.75, 3.05) is 6.54 Å². The van der Waals surface area contributed by atoms with Crippen LogP contribution in [0.1, 0.15) is 37.7 Å². The molecule has 2 rings (SSSR count). The second-order valence-corrected chi connectivity index (χ2v) is 4.91.